The summed E-state index contributed by atoms with van der Waals surface area (Å²) in [5.41, 5.74) is 7.94. The number of nitrogens with two attached hydrogens (primary N) is 1. The minimum atomic E-state index is -0.588. The summed E-state index contributed by atoms with van der Waals surface area (Å²) in [6, 6.07) is 6.13. The van der Waals surface area contributed by atoms with E-state index < -0.39 is 5.91 Å². The number of fused-ring (bicyclic) bond motifs is 1. The number of piperidine rings is 2. The Morgan fingerprint density at radius 1 is 1.09 bits per heavy atom. The normalized spacial score (nSPS) is 20.3. The van der Waals surface area contributed by atoms with E-state index in [1.54, 1.807) is 6.20 Å². The summed E-state index contributed by atoms with van der Waals surface area (Å²) in [5.74, 6) is 1.56. The lowest BCUT2D eigenvalue weighted by atomic mass is 9.82. The SMILES string of the molecule is CC(C)(C)N1CCC2(CCc3cc(Nc4nc(N5CCCCC5)cnc4C(N)=O)ccc3O2)CC1. The van der Waals surface area contributed by atoms with Crippen LogP contribution >= 0.6 is 0 Å². The Labute approximate surface area is 208 Å². The molecule has 1 spiro atoms. The van der Waals surface area contributed by atoms with E-state index in [1.807, 2.05) is 12.1 Å². The molecule has 3 N–H and O–H groups in total. The second-order valence-corrected chi connectivity index (χ2v) is 11.2. The number of primary amides is 1. The number of nitrogens with zero attached hydrogens (tertiary/aromatic N) is 4. The third-order valence-corrected chi connectivity index (χ3v) is 7.80. The third-order valence-electron chi connectivity index (χ3n) is 7.80. The summed E-state index contributed by atoms with van der Waals surface area (Å²) in [4.78, 5) is 25.9. The van der Waals surface area contributed by atoms with Gasteiger partial charge in [0.15, 0.2) is 11.5 Å². The van der Waals surface area contributed by atoms with Gasteiger partial charge in [-0.3, -0.25) is 9.69 Å². The molecule has 1 aromatic carbocycles. The molecule has 0 saturated carbocycles. The van der Waals surface area contributed by atoms with Crippen LogP contribution in [0.25, 0.3) is 0 Å². The molecule has 3 aliphatic heterocycles. The van der Waals surface area contributed by atoms with Gasteiger partial charge in [-0.2, -0.15) is 0 Å². The van der Waals surface area contributed by atoms with Gasteiger partial charge < -0.3 is 20.7 Å². The Morgan fingerprint density at radius 3 is 2.51 bits per heavy atom. The highest BCUT2D eigenvalue weighted by molar-refractivity contribution is 5.96. The zero-order chi connectivity index (χ0) is 24.6. The molecule has 35 heavy (non-hydrogen) atoms. The van der Waals surface area contributed by atoms with Crippen LogP contribution in [0.2, 0.25) is 0 Å². The van der Waals surface area contributed by atoms with Crippen molar-refractivity contribution < 1.29 is 9.53 Å². The molecule has 0 aliphatic carbocycles. The molecule has 5 rings (SSSR count). The number of aryl methyl sites for hydroxylation is 1. The standard InChI is InChI=1S/C27H38N6O2/c1-26(2,3)33-15-11-27(12-16-33)10-9-19-17-20(7-8-21(19)35-27)30-25-23(24(28)34)29-18-22(31-25)32-13-5-4-6-14-32/h7-8,17-18H,4-6,9-16H2,1-3H3,(H2,28,34)(H,30,31). The van der Waals surface area contributed by atoms with Crippen LogP contribution in [0.4, 0.5) is 17.3 Å². The maximum absolute atomic E-state index is 12.0. The molecule has 2 saturated heterocycles. The van der Waals surface area contributed by atoms with Gasteiger partial charge in [-0.15, -0.1) is 0 Å². The van der Waals surface area contributed by atoms with Crippen molar-refractivity contribution in [2.75, 3.05) is 36.4 Å². The summed E-state index contributed by atoms with van der Waals surface area (Å²) < 4.78 is 6.62. The molecular formula is C27H38N6O2. The van der Waals surface area contributed by atoms with Crippen LogP contribution < -0.4 is 20.7 Å². The monoisotopic (exact) mass is 478 g/mol. The predicted octanol–water partition coefficient (Wildman–Crippen LogP) is 4.27. The van der Waals surface area contributed by atoms with Gasteiger partial charge in [0, 0.05) is 37.4 Å². The number of carbonyl (C=O) groups excluding carboxylic acids is 1. The Balaban J connectivity index is 1.32. The van der Waals surface area contributed by atoms with E-state index in [0.717, 1.165) is 82.0 Å². The lowest BCUT2D eigenvalue weighted by Gasteiger charge is -2.48. The van der Waals surface area contributed by atoms with Crippen LogP contribution in [0.1, 0.15) is 75.3 Å². The van der Waals surface area contributed by atoms with Crippen molar-refractivity contribution in [2.45, 2.75) is 76.9 Å². The molecule has 0 bridgehead atoms. The lowest BCUT2D eigenvalue weighted by molar-refractivity contribution is -0.0355. The van der Waals surface area contributed by atoms with Gasteiger partial charge in [-0.1, -0.05) is 0 Å². The second kappa shape index (κ2) is 9.30. The first-order valence-electron chi connectivity index (χ1n) is 13.0. The average molecular weight is 479 g/mol. The van der Waals surface area contributed by atoms with Crippen molar-refractivity contribution in [1.82, 2.24) is 14.9 Å². The summed E-state index contributed by atoms with van der Waals surface area (Å²) in [6.45, 7) is 10.9. The van der Waals surface area contributed by atoms with E-state index in [2.05, 4.69) is 46.9 Å². The molecule has 0 atom stereocenters. The number of benzene rings is 1. The van der Waals surface area contributed by atoms with Crippen LogP contribution in [0.15, 0.2) is 24.4 Å². The number of likely N-dealkylation sites (tertiary alicyclic amines) is 1. The molecule has 4 heterocycles. The van der Waals surface area contributed by atoms with Crippen LogP contribution in [0.3, 0.4) is 0 Å². The molecule has 2 fully saturated rings. The van der Waals surface area contributed by atoms with Gasteiger partial charge in [0.2, 0.25) is 0 Å². The first-order valence-corrected chi connectivity index (χ1v) is 13.0. The van der Waals surface area contributed by atoms with E-state index in [0.29, 0.717) is 5.82 Å². The van der Waals surface area contributed by atoms with Gasteiger partial charge in [0.25, 0.3) is 5.91 Å². The van der Waals surface area contributed by atoms with Gasteiger partial charge in [-0.25, -0.2) is 9.97 Å². The number of aromatic nitrogens is 2. The third kappa shape index (κ3) is 5.08. The first-order chi connectivity index (χ1) is 16.7. The van der Waals surface area contributed by atoms with Crippen LogP contribution in [-0.4, -0.2) is 58.1 Å². The molecule has 8 nitrogen and oxygen atoms in total. The molecule has 2 aromatic rings. The molecule has 188 valence electrons. The Morgan fingerprint density at radius 2 is 1.83 bits per heavy atom. The fourth-order valence-corrected chi connectivity index (χ4v) is 5.60. The molecule has 0 unspecified atom stereocenters. The van der Waals surface area contributed by atoms with Crippen molar-refractivity contribution in [3.8, 4) is 5.75 Å². The summed E-state index contributed by atoms with van der Waals surface area (Å²) in [5, 5.41) is 3.31. The highest BCUT2D eigenvalue weighted by atomic mass is 16.5. The summed E-state index contributed by atoms with van der Waals surface area (Å²) in [7, 11) is 0. The summed E-state index contributed by atoms with van der Waals surface area (Å²) in [6.07, 6.45) is 9.30. The lowest BCUT2D eigenvalue weighted by Crippen LogP contribution is -2.54. The number of amides is 1. The van der Waals surface area contributed by atoms with Crippen molar-refractivity contribution in [1.29, 1.82) is 0 Å². The molecular weight excluding hydrogens is 440 g/mol. The Bertz CT molecular complexity index is 1080. The Hall–Kier alpha value is -2.87. The molecule has 0 radical (unpaired) electrons. The van der Waals surface area contributed by atoms with E-state index in [1.165, 1.54) is 12.0 Å². The van der Waals surface area contributed by atoms with Gasteiger partial charge in [-0.05, 0) is 89.5 Å². The second-order valence-electron chi connectivity index (χ2n) is 11.2. The first kappa shape index (κ1) is 23.9. The number of hydrogen-bond acceptors (Lipinski definition) is 7. The maximum atomic E-state index is 12.0. The topological polar surface area (TPSA) is 96.6 Å². The fraction of sp³-hybridized carbons (Fsp3) is 0.593. The van der Waals surface area contributed by atoms with Crippen molar-refractivity contribution in [3.63, 3.8) is 0 Å². The smallest absolute Gasteiger partial charge is 0.271 e. The predicted molar refractivity (Wildman–Crippen MR) is 139 cm³/mol. The maximum Gasteiger partial charge on any atom is 0.271 e. The van der Waals surface area contributed by atoms with Crippen LogP contribution in [-0.2, 0) is 6.42 Å². The number of carbonyl (C=O) groups is 1. The molecule has 1 amide bonds. The largest absolute Gasteiger partial charge is 0.487 e. The molecule has 8 heteroatoms. The zero-order valence-electron chi connectivity index (χ0n) is 21.3. The van der Waals surface area contributed by atoms with Crippen LogP contribution in [0.5, 0.6) is 5.75 Å². The minimum absolute atomic E-state index is 0.0584. The average Bonchev–Trinajstić information content (AvgIpc) is 2.84. The van der Waals surface area contributed by atoms with Crippen LogP contribution in [0, 0.1) is 0 Å². The van der Waals surface area contributed by atoms with Crippen molar-refractivity contribution in [3.05, 3.63) is 35.7 Å². The van der Waals surface area contributed by atoms with E-state index in [9.17, 15) is 4.79 Å². The fourth-order valence-electron chi connectivity index (χ4n) is 5.60. The van der Waals surface area contributed by atoms with E-state index in [4.69, 9.17) is 15.5 Å². The highest BCUT2D eigenvalue weighted by Crippen LogP contribution is 2.41. The number of hydrogen-bond donors (Lipinski definition) is 2. The number of anilines is 3. The Kier molecular flexibility index (Phi) is 6.34. The number of nitrogens with one attached hydrogen (secondary N) is 1. The van der Waals surface area contributed by atoms with Gasteiger partial charge >= 0.3 is 0 Å². The van der Waals surface area contributed by atoms with E-state index in [-0.39, 0.29) is 16.8 Å². The highest BCUT2D eigenvalue weighted by Gasteiger charge is 2.41. The van der Waals surface area contributed by atoms with Crippen molar-refractivity contribution >= 4 is 23.2 Å². The number of ether oxygens (including phenoxy) is 1. The quantitative estimate of drug-likeness (QED) is 0.677. The van der Waals surface area contributed by atoms with E-state index >= 15 is 0 Å². The molecule has 3 aliphatic rings. The summed E-state index contributed by atoms with van der Waals surface area (Å²) >= 11 is 0. The van der Waals surface area contributed by atoms with Gasteiger partial charge in [0.1, 0.15) is 17.2 Å². The van der Waals surface area contributed by atoms with Gasteiger partial charge in [0.05, 0.1) is 6.20 Å². The molecule has 1 aromatic heterocycles. The number of rotatable bonds is 4. The minimum Gasteiger partial charge on any atom is -0.487 e. The zero-order valence-corrected chi connectivity index (χ0v) is 21.3. The van der Waals surface area contributed by atoms with Crippen molar-refractivity contribution in [2.24, 2.45) is 5.73 Å².